The maximum atomic E-state index is 14.1. The van der Waals surface area contributed by atoms with E-state index >= 15 is 0 Å². The lowest BCUT2D eigenvalue weighted by atomic mass is 9.77. The van der Waals surface area contributed by atoms with Crippen molar-refractivity contribution in [3.8, 4) is 11.5 Å². The Bertz CT molecular complexity index is 1720. The molecule has 0 aromatic heterocycles. The highest BCUT2D eigenvalue weighted by atomic mass is 35.5. The van der Waals surface area contributed by atoms with Crippen molar-refractivity contribution >= 4 is 52.3 Å². The second-order valence-electron chi connectivity index (χ2n) is 10.1. The highest BCUT2D eigenvalue weighted by Gasteiger charge is 2.74. The minimum absolute atomic E-state index is 0.176. The molecule has 1 spiro atoms. The molecule has 202 valence electrons. The van der Waals surface area contributed by atoms with Crippen LogP contribution in [0.3, 0.4) is 0 Å². The number of halogens is 2. The molecule has 4 aromatic rings. The SMILES string of the molecule is O=C1[C@H]2[C@H](c3ccc(Cl)cc3)OC3(C(=O)c4ccccc4C3=O)[C@H]2C(=O)N1c1ccc(Oc2ccc(Cl)cc2)cc1. The van der Waals surface area contributed by atoms with E-state index in [1.165, 1.54) is 12.1 Å². The molecule has 2 heterocycles. The summed E-state index contributed by atoms with van der Waals surface area (Å²) in [6.07, 6.45) is -1.02. The zero-order valence-electron chi connectivity index (χ0n) is 21.1. The second kappa shape index (κ2) is 9.38. The van der Waals surface area contributed by atoms with Crippen LogP contribution in [0.2, 0.25) is 10.0 Å². The van der Waals surface area contributed by atoms with Crippen LogP contribution >= 0.6 is 23.2 Å². The minimum Gasteiger partial charge on any atom is -0.457 e. The lowest BCUT2D eigenvalue weighted by molar-refractivity contribution is -0.127. The van der Waals surface area contributed by atoms with Crippen LogP contribution in [0, 0.1) is 11.8 Å². The molecule has 7 nitrogen and oxygen atoms in total. The van der Waals surface area contributed by atoms with E-state index in [1.54, 1.807) is 84.9 Å². The fourth-order valence-corrected chi connectivity index (χ4v) is 6.28. The van der Waals surface area contributed by atoms with Crippen molar-refractivity contribution in [2.75, 3.05) is 4.90 Å². The highest BCUT2D eigenvalue weighted by Crippen LogP contribution is 2.57. The minimum atomic E-state index is -2.14. The fourth-order valence-electron chi connectivity index (χ4n) is 6.03. The number of carbonyl (C=O) groups excluding carboxylic acids is 4. The summed E-state index contributed by atoms with van der Waals surface area (Å²) in [5, 5.41) is 1.04. The molecule has 0 unspecified atom stereocenters. The van der Waals surface area contributed by atoms with E-state index in [0.717, 1.165) is 4.90 Å². The van der Waals surface area contributed by atoms with Crippen LogP contribution in [0.15, 0.2) is 97.1 Å². The van der Waals surface area contributed by atoms with Gasteiger partial charge in [0.15, 0.2) is 0 Å². The summed E-state index contributed by atoms with van der Waals surface area (Å²) in [6.45, 7) is 0. The summed E-state index contributed by atoms with van der Waals surface area (Å²) in [4.78, 5) is 56.9. The topological polar surface area (TPSA) is 90.0 Å². The zero-order valence-corrected chi connectivity index (χ0v) is 22.6. The Hall–Kier alpha value is -4.30. The molecule has 2 aliphatic heterocycles. The molecule has 3 atom stereocenters. The fraction of sp³-hybridized carbons (Fsp3) is 0.125. The van der Waals surface area contributed by atoms with E-state index in [2.05, 4.69) is 0 Å². The first-order valence-corrected chi connectivity index (χ1v) is 13.6. The van der Waals surface area contributed by atoms with Crippen LogP contribution in [0.25, 0.3) is 0 Å². The second-order valence-corrected chi connectivity index (χ2v) is 11.0. The van der Waals surface area contributed by atoms with E-state index in [0.29, 0.717) is 32.8 Å². The lowest BCUT2D eigenvalue weighted by Gasteiger charge is -2.27. The van der Waals surface area contributed by atoms with Crippen molar-refractivity contribution in [2.45, 2.75) is 11.7 Å². The van der Waals surface area contributed by atoms with Gasteiger partial charge < -0.3 is 9.47 Å². The normalized spacial score (nSPS) is 22.4. The summed E-state index contributed by atoms with van der Waals surface area (Å²) in [5.74, 6) is -3.85. The number of anilines is 1. The maximum absolute atomic E-state index is 14.1. The lowest BCUT2D eigenvalue weighted by Crippen LogP contribution is -2.51. The first kappa shape index (κ1) is 25.7. The Morgan fingerprint density at radius 1 is 0.659 bits per heavy atom. The van der Waals surface area contributed by atoms with Crippen LogP contribution in [-0.2, 0) is 14.3 Å². The quantitative estimate of drug-likeness (QED) is 0.202. The molecular weight excluding hydrogens is 565 g/mol. The third-order valence-electron chi connectivity index (χ3n) is 7.86. The highest BCUT2D eigenvalue weighted by molar-refractivity contribution is 6.37. The number of amides is 2. The van der Waals surface area contributed by atoms with Crippen LogP contribution in [0.5, 0.6) is 11.5 Å². The number of fused-ring (bicyclic) bond motifs is 3. The van der Waals surface area contributed by atoms with Crippen molar-refractivity contribution in [1.82, 2.24) is 0 Å². The first-order valence-electron chi connectivity index (χ1n) is 12.8. The van der Waals surface area contributed by atoms with Crippen LogP contribution < -0.4 is 9.64 Å². The molecule has 0 saturated carbocycles. The van der Waals surface area contributed by atoms with Gasteiger partial charge in [-0.25, -0.2) is 4.90 Å². The Balaban J connectivity index is 1.28. The zero-order chi connectivity index (χ0) is 28.5. The molecule has 3 aliphatic rings. The number of benzene rings is 4. The molecule has 0 radical (unpaired) electrons. The Morgan fingerprint density at radius 3 is 1.73 bits per heavy atom. The van der Waals surface area contributed by atoms with E-state index in [1.807, 2.05) is 0 Å². The van der Waals surface area contributed by atoms with Crippen molar-refractivity contribution in [3.05, 3.63) is 124 Å². The number of nitrogens with zero attached hydrogens (tertiary/aromatic N) is 1. The van der Waals surface area contributed by atoms with Crippen molar-refractivity contribution < 1.29 is 28.7 Å². The number of rotatable bonds is 4. The van der Waals surface area contributed by atoms with Gasteiger partial charge in [0.1, 0.15) is 11.5 Å². The monoisotopic (exact) mass is 583 g/mol. The average Bonchev–Trinajstić information content (AvgIpc) is 3.55. The van der Waals surface area contributed by atoms with E-state index in [9.17, 15) is 19.2 Å². The Labute approximate surface area is 244 Å². The summed E-state index contributed by atoms with van der Waals surface area (Å²) >= 11 is 12.0. The van der Waals surface area contributed by atoms with Crippen molar-refractivity contribution in [1.29, 1.82) is 0 Å². The van der Waals surface area contributed by atoms with Crippen molar-refractivity contribution in [3.63, 3.8) is 0 Å². The number of Topliss-reactive ketones (excluding diaryl/α,β-unsaturated/α-hetero) is 2. The molecule has 1 aliphatic carbocycles. The van der Waals surface area contributed by atoms with Crippen molar-refractivity contribution in [2.24, 2.45) is 11.8 Å². The molecule has 9 heteroatoms. The molecule has 2 fully saturated rings. The van der Waals surface area contributed by atoms with E-state index in [4.69, 9.17) is 32.7 Å². The van der Waals surface area contributed by atoms with Gasteiger partial charge in [0.25, 0.3) is 0 Å². The summed E-state index contributed by atoms with van der Waals surface area (Å²) < 4.78 is 12.1. The molecule has 4 aromatic carbocycles. The predicted molar refractivity (Wildman–Crippen MR) is 151 cm³/mol. The van der Waals surface area contributed by atoms with Gasteiger partial charge in [-0.1, -0.05) is 59.6 Å². The third kappa shape index (κ3) is 3.77. The van der Waals surface area contributed by atoms with Gasteiger partial charge in [0, 0.05) is 21.2 Å². The molecule has 2 saturated heterocycles. The van der Waals surface area contributed by atoms with Gasteiger partial charge >= 0.3 is 0 Å². The molecule has 0 N–H and O–H groups in total. The summed E-state index contributed by atoms with van der Waals surface area (Å²) in [5.41, 5.74) is -0.964. The molecule has 2 amide bonds. The maximum Gasteiger partial charge on any atom is 0.241 e. The molecule has 0 bridgehead atoms. The number of imide groups is 1. The smallest absolute Gasteiger partial charge is 0.241 e. The van der Waals surface area contributed by atoms with Crippen LogP contribution in [-0.4, -0.2) is 29.0 Å². The number of ketones is 2. The largest absolute Gasteiger partial charge is 0.457 e. The molecule has 7 rings (SSSR count). The molecular formula is C32H19Cl2NO6. The standard InChI is InChI=1S/C32H19Cl2NO6/c33-18-7-5-17(6-8-18)27-25-26(32(41-27)28(36)23-3-1-2-4-24(23)29(32)37)31(39)35(30(25)38)20-11-15-22(16-12-20)40-21-13-9-19(34)10-14-21/h1-16,25-27H/t25-,26-,27+/m1/s1. The van der Waals surface area contributed by atoms with Gasteiger partial charge in [-0.3, -0.25) is 19.2 Å². The van der Waals surface area contributed by atoms with Gasteiger partial charge in [-0.05, 0) is 66.2 Å². The Morgan fingerprint density at radius 2 is 1.17 bits per heavy atom. The molecule has 41 heavy (non-hydrogen) atoms. The average molecular weight is 584 g/mol. The predicted octanol–water partition coefficient (Wildman–Crippen LogP) is 6.48. The third-order valence-corrected chi connectivity index (χ3v) is 8.37. The van der Waals surface area contributed by atoms with Gasteiger partial charge in [-0.15, -0.1) is 0 Å². The first-order chi connectivity index (χ1) is 19.8. The van der Waals surface area contributed by atoms with E-state index in [-0.39, 0.29) is 11.1 Å². The number of carbonyl (C=O) groups is 4. The van der Waals surface area contributed by atoms with E-state index < -0.39 is 46.9 Å². The van der Waals surface area contributed by atoms with Gasteiger partial charge in [-0.2, -0.15) is 0 Å². The number of ether oxygens (including phenoxy) is 2. The van der Waals surface area contributed by atoms with Gasteiger partial charge in [0.2, 0.25) is 29.0 Å². The Kier molecular flexibility index (Phi) is 5.87. The number of hydrogen-bond donors (Lipinski definition) is 0. The van der Waals surface area contributed by atoms with Gasteiger partial charge in [0.05, 0.1) is 23.6 Å². The summed E-state index contributed by atoms with van der Waals surface area (Å²) in [7, 11) is 0. The van der Waals surface area contributed by atoms with Crippen LogP contribution in [0.1, 0.15) is 32.4 Å². The summed E-state index contributed by atoms with van der Waals surface area (Å²) in [6, 6.07) is 26.2. The van der Waals surface area contributed by atoms with Crippen LogP contribution in [0.4, 0.5) is 5.69 Å². The number of hydrogen-bond acceptors (Lipinski definition) is 6.